The topological polar surface area (TPSA) is 47.8 Å². The first-order valence-corrected chi connectivity index (χ1v) is 5.50. The molecule has 0 aromatic carbocycles. The molecule has 0 fully saturated rings. The highest BCUT2D eigenvalue weighted by Gasteiger charge is 2.05. The predicted molar refractivity (Wildman–Crippen MR) is 54.8 cm³/mol. The maximum Gasteiger partial charge on any atom is 0.191 e. The van der Waals surface area contributed by atoms with E-state index in [2.05, 4.69) is 10.1 Å². The monoisotopic (exact) mass is 225 g/mol. The van der Waals surface area contributed by atoms with Gasteiger partial charge in [0.2, 0.25) is 0 Å². The Morgan fingerprint density at radius 3 is 3.00 bits per heavy atom. The smallest absolute Gasteiger partial charge is 0.191 e. The van der Waals surface area contributed by atoms with Gasteiger partial charge in [0.05, 0.1) is 9.09 Å². The summed E-state index contributed by atoms with van der Waals surface area (Å²) >= 11 is 2.96. The minimum absolute atomic E-state index is 0.731. The number of rotatable bonds is 3. The number of aromatic nitrogens is 3. The Morgan fingerprint density at radius 1 is 1.57 bits per heavy atom. The molecule has 0 aliphatic rings. The normalized spacial score (nSPS) is 10.4. The van der Waals surface area contributed by atoms with Crippen LogP contribution in [0.25, 0.3) is 0 Å². The Kier molecular flexibility index (Phi) is 2.64. The Balaban J connectivity index is 2.18. The van der Waals surface area contributed by atoms with Gasteiger partial charge in [-0.15, -0.1) is 11.3 Å². The molecule has 0 unspecified atom stereocenters. The van der Waals surface area contributed by atoms with Gasteiger partial charge in [0, 0.05) is 7.05 Å². The van der Waals surface area contributed by atoms with Gasteiger partial charge in [-0.05, 0) is 23.9 Å². The zero-order valence-electron chi connectivity index (χ0n) is 7.38. The molecule has 0 bridgehead atoms. The number of hydrogen-bond acceptors (Lipinski definition) is 5. The first-order valence-electron chi connectivity index (χ1n) is 3.86. The van der Waals surface area contributed by atoms with Gasteiger partial charge in [-0.3, -0.25) is 4.79 Å². The lowest BCUT2D eigenvalue weighted by molar-refractivity contribution is 0.112. The van der Waals surface area contributed by atoms with E-state index in [0.29, 0.717) is 0 Å². The van der Waals surface area contributed by atoms with E-state index in [4.69, 9.17) is 0 Å². The molecule has 6 heteroatoms. The fraction of sp³-hybridized carbons (Fsp3) is 0.125. The van der Waals surface area contributed by atoms with Gasteiger partial charge in [-0.1, -0.05) is 0 Å². The van der Waals surface area contributed by atoms with E-state index in [1.165, 1.54) is 29.4 Å². The van der Waals surface area contributed by atoms with Crippen LogP contribution in [0.2, 0.25) is 0 Å². The van der Waals surface area contributed by atoms with Gasteiger partial charge in [0.15, 0.2) is 11.4 Å². The van der Waals surface area contributed by atoms with Crippen LogP contribution in [0.5, 0.6) is 0 Å². The lowest BCUT2D eigenvalue weighted by Crippen LogP contribution is -1.91. The number of carbonyl (C=O) groups excluding carboxylic acids is 1. The summed E-state index contributed by atoms with van der Waals surface area (Å²) in [6.45, 7) is 0. The molecule has 0 saturated carbocycles. The SMILES string of the molecule is Cn1ncnc1Sc1ccc(C=O)s1. The van der Waals surface area contributed by atoms with Gasteiger partial charge in [-0.25, -0.2) is 9.67 Å². The van der Waals surface area contributed by atoms with Crippen LogP contribution in [0.1, 0.15) is 9.67 Å². The van der Waals surface area contributed by atoms with Crippen LogP contribution in [-0.4, -0.2) is 21.1 Å². The van der Waals surface area contributed by atoms with Crippen LogP contribution in [0.15, 0.2) is 27.8 Å². The fourth-order valence-corrected chi connectivity index (χ4v) is 2.75. The molecule has 2 heterocycles. The van der Waals surface area contributed by atoms with Gasteiger partial charge in [0.1, 0.15) is 6.33 Å². The summed E-state index contributed by atoms with van der Waals surface area (Å²) in [6, 6.07) is 3.71. The molecule has 2 aromatic rings. The van der Waals surface area contributed by atoms with Crippen molar-refractivity contribution in [1.82, 2.24) is 14.8 Å². The lowest BCUT2D eigenvalue weighted by Gasteiger charge is -1.95. The van der Waals surface area contributed by atoms with E-state index in [1.807, 2.05) is 13.1 Å². The fourth-order valence-electron chi connectivity index (χ4n) is 0.921. The largest absolute Gasteiger partial charge is 0.297 e. The van der Waals surface area contributed by atoms with Crippen molar-refractivity contribution in [3.8, 4) is 0 Å². The molecule has 0 aliphatic carbocycles. The average molecular weight is 225 g/mol. The Hall–Kier alpha value is -1.14. The van der Waals surface area contributed by atoms with Crippen LogP contribution >= 0.6 is 23.1 Å². The second-order valence-electron chi connectivity index (χ2n) is 2.54. The van der Waals surface area contributed by atoms with Crippen LogP contribution < -0.4 is 0 Å². The third-order valence-electron chi connectivity index (χ3n) is 1.58. The maximum absolute atomic E-state index is 10.5. The summed E-state index contributed by atoms with van der Waals surface area (Å²) in [5.74, 6) is 0. The maximum atomic E-state index is 10.5. The number of thiophene rings is 1. The van der Waals surface area contributed by atoms with Crippen molar-refractivity contribution in [2.24, 2.45) is 7.05 Å². The summed E-state index contributed by atoms with van der Waals surface area (Å²) in [6.07, 6.45) is 2.36. The molecular weight excluding hydrogens is 218 g/mol. The number of aldehydes is 1. The molecule has 0 N–H and O–H groups in total. The third kappa shape index (κ3) is 1.85. The molecule has 0 saturated heterocycles. The molecule has 2 rings (SSSR count). The van der Waals surface area contributed by atoms with Crippen LogP contribution in [-0.2, 0) is 7.05 Å². The molecule has 72 valence electrons. The van der Waals surface area contributed by atoms with Crippen molar-refractivity contribution in [1.29, 1.82) is 0 Å². The van der Waals surface area contributed by atoms with Crippen LogP contribution in [0, 0.1) is 0 Å². The van der Waals surface area contributed by atoms with E-state index in [1.54, 1.807) is 10.7 Å². The highest BCUT2D eigenvalue weighted by molar-refractivity contribution is 8.01. The van der Waals surface area contributed by atoms with Crippen molar-refractivity contribution in [2.45, 2.75) is 9.37 Å². The second-order valence-corrected chi connectivity index (χ2v) is 4.93. The summed E-state index contributed by atoms with van der Waals surface area (Å²) in [7, 11) is 1.84. The number of hydrogen-bond donors (Lipinski definition) is 0. The zero-order chi connectivity index (χ0) is 9.97. The van der Waals surface area contributed by atoms with Crippen molar-refractivity contribution in [2.75, 3.05) is 0 Å². The molecule has 2 aromatic heterocycles. The zero-order valence-corrected chi connectivity index (χ0v) is 9.01. The molecule has 14 heavy (non-hydrogen) atoms. The summed E-state index contributed by atoms with van der Waals surface area (Å²) in [5, 5.41) is 4.78. The molecule has 0 atom stereocenters. The Morgan fingerprint density at radius 2 is 2.43 bits per heavy atom. The van der Waals surface area contributed by atoms with Crippen LogP contribution in [0.3, 0.4) is 0 Å². The summed E-state index contributed by atoms with van der Waals surface area (Å²) < 4.78 is 2.74. The van der Waals surface area contributed by atoms with E-state index >= 15 is 0 Å². The lowest BCUT2D eigenvalue weighted by atomic mass is 10.5. The van der Waals surface area contributed by atoms with E-state index < -0.39 is 0 Å². The summed E-state index contributed by atoms with van der Waals surface area (Å²) in [4.78, 5) is 15.3. The van der Waals surface area contributed by atoms with Crippen LogP contribution in [0.4, 0.5) is 0 Å². The average Bonchev–Trinajstić information content (AvgIpc) is 2.77. The standard InChI is InChI=1S/C8H7N3OS2/c1-11-8(9-5-10-11)14-7-3-2-6(4-12)13-7/h2-5H,1H3. The first-order chi connectivity index (χ1) is 6.79. The Bertz CT molecular complexity index is 449. The first kappa shape index (κ1) is 9.42. The number of nitrogens with zero attached hydrogens (tertiary/aromatic N) is 3. The highest BCUT2D eigenvalue weighted by atomic mass is 32.2. The van der Waals surface area contributed by atoms with Gasteiger partial charge < -0.3 is 0 Å². The van der Waals surface area contributed by atoms with Crippen molar-refractivity contribution in [3.63, 3.8) is 0 Å². The predicted octanol–water partition coefficient (Wildman–Crippen LogP) is 1.84. The van der Waals surface area contributed by atoms with E-state index in [9.17, 15) is 4.79 Å². The quantitative estimate of drug-likeness (QED) is 0.748. The third-order valence-corrected chi connectivity index (χ3v) is 3.77. The molecule has 0 spiro atoms. The Labute approximate surface area is 89.0 Å². The molecule has 0 radical (unpaired) electrons. The van der Waals surface area contributed by atoms with Crippen molar-refractivity contribution < 1.29 is 4.79 Å². The highest BCUT2D eigenvalue weighted by Crippen LogP contribution is 2.30. The van der Waals surface area contributed by atoms with E-state index in [0.717, 1.165) is 20.5 Å². The minimum Gasteiger partial charge on any atom is -0.297 e. The number of aryl methyl sites for hydroxylation is 1. The second kappa shape index (κ2) is 3.93. The molecule has 0 aliphatic heterocycles. The summed E-state index contributed by atoms with van der Waals surface area (Å²) in [5.41, 5.74) is 0. The van der Waals surface area contributed by atoms with Gasteiger partial charge in [-0.2, -0.15) is 5.10 Å². The van der Waals surface area contributed by atoms with E-state index in [-0.39, 0.29) is 0 Å². The number of carbonyl (C=O) groups is 1. The molecule has 0 amide bonds. The molecule has 4 nitrogen and oxygen atoms in total. The molecular formula is C8H7N3OS2. The van der Waals surface area contributed by atoms with Crippen molar-refractivity contribution in [3.05, 3.63) is 23.3 Å². The minimum atomic E-state index is 0.731. The van der Waals surface area contributed by atoms with Gasteiger partial charge in [0.25, 0.3) is 0 Å². The van der Waals surface area contributed by atoms with Crippen molar-refractivity contribution >= 4 is 29.4 Å². The van der Waals surface area contributed by atoms with Gasteiger partial charge >= 0.3 is 0 Å².